The third kappa shape index (κ3) is 3.44. The Labute approximate surface area is 113 Å². The number of likely N-dealkylation sites (N-methyl/N-ethyl adjacent to an activating group) is 1. The van der Waals surface area contributed by atoms with Gasteiger partial charge in [-0.3, -0.25) is 4.79 Å². The first-order valence-corrected chi connectivity index (χ1v) is 6.49. The zero-order chi connectivity index (χ0) is 14.0. The minimum atomic E-state index is -0.419. The molecule has 2 N–H and O–H groups in total. The van der Waals surface area contributed by atoms with Crippen LogP contribution in [0, 0.1) is 5.82 Å². The summed E-state index contributed by atoms with van der Waals surface area (Å²) >= 11 is 0. The van der Waals surface area contributed by atoms with Crippen molar-refractivity contribution in [3.05, 3.63) is 24.0 Å². The number of nitrogens with one attached hydrogen (secondary N) is 2. The molecule has 4 nitrogen and oxygen atoms in total. The van der Waals surface area contributed by atoms with Crippen LogP contribution < -0.4 is 10.6 Å². The number of carbonyl (C=O) groups excluding carboxylic acids is 1. The van der Waals surface area contributed by atoms with Crippen LogP contribution in [-0.2, 0) is 4.79 Å². The first-order chi connectivity index (χ1) is 8.95. The van der Waals surface area contributed by atoms with Gasteiger partial charge >= 0.3 is 0 Å². The number of carbonyl (C=O) groups is 1. The molecule has 0 bridgehead atoms. The summed E-state index contributed by atoms with van der Waals surface area (Å²) in [6, 6.07) is 5.61. The lowest BCUT2D eigenvalue weighted by atomic mass is 10.1. The van der Waals surface area contributed by atoms with Gasteiger partial charge in [0.05, 0.1) is 5.69 Å². The van der Waals surface area contributed by atoms with Gasteiger partial charge in [-0.2, -0.15) is 0 Å². The number of halogens is 1. The van der Waals surface area contributed by atoms with Gasteiger partial charge < -0.3 is 15.5 Å². The van der Waals surface area contributed by atoms with E-state index >= 15 is 0 Å². The summed E-state index contributed by atoms with van der Waals surface area (Å²) in [5, 5.41) is 5.87. The predicted molar refractivity (Wildman–Crippen MR) is 74.8 cm³/mol. The molecule has 1 heterocycles. The molecule has 2 atom stereocenters. The molecule has 1 aliphatic heterocycles. The number of likely N-dealkylation sites (tertiary alicyclic amines) is 1. The summed E-state index contributed by atoms with van der Waals surface area (Å²) in [5.41, 5.74) is 1.05. The van der Waals surface area contributed by atoms with E-state index < -0.39 is 5.82 Å². The highest BCUT2D eigenvalue weighted by molar-refractivity contribution is 5.89. The average Bonchev–Trinajstić information content (AvgIpc) is 2.62. The summed E-state index contributed by atoms with van der Waals surface area (Å²) in [7, 11) is 2.10. The Balaban J connectivity index is 2.07. The Morgan fingerprint density at radius 1 is 1.47 bits per heavy atom. The molecule has 1 aromatic carbocycles. The van der Waals surface area contributed by atoms with Crippen LogP contribution in [0.25, 0.3) is 0 Å². The Kier molecular flexibility index (Phi) is 4.04. The molecule has 2 unspecified atom stereocenters. The van der Waals surface area contributed by atoms with Crippen molar-refractivity contribution in [3.63, 3.8) is 0 Å². The molecular formula is C14H20FN3O. The highest BCUT2D eigenvalue weighted by Gasteiger charge is 2.25. The molecule has 1 aromatic rings. The van der Waals surface area contributed by atoms with Gasteiger partial charge in [-0.05, 0) is 38.6 Å². The van der Waals surface area contributed by atoms with Crippen LogP contribution in [0.4, 0.5) is 15.8 Å². The van der Waals surface area contributed by atoms with Crippen LogP contribution in [0.2, 0.25) is 0 Å². The van der Waals surface area contributed by atoms with E-state index in [1.54, 1.807) is 12.1 Å². The number of hydrogen-bond donors (Lipinski definition) is 2. The third-order valence-electron chi connectivity index (χ3n) is 3.53. The van der Waals surface area contributed by atoms with Crippen molar-refractivity contribution in [2.45, 2.75) is 32.4 Å². The average molecular weight is 265 g/mol. The zero-order valence-corrected chi connectivity index (χ0v) is 11.5. The van der Waals surface area contributed by atoms with Crippen LogP contribution in [0.1, 0.15) is 20.3 Å². The molecule has 1 fully saturated rings. The largest absolute Gasteiger partial charge is 0.381 e. The molecule has 1 saturated heterocycles. The smallest absolute Gasteiger partial charge is 0.221 e. The minimum absolute atomic E-state index is 0.219. The molecule has 0 radical (unpaired) electrons. The molecule has 0 aromatic heterocycles. The fourth-order valence-corrected chi connectivity index (χ4v) is 2.43. The van der Waals surface area contributed by atoms with E-state index in [9.17, 15) is 9.18 Å². The van der Waals surface area contributed by atoms with E-state index in [2.05, 4.69) is 29.5 Å². The van der Waals surface area contributed by atoms with Crippen LogP contribution in [0.3, 0.4) is 0 Å². The predicted octanol–water partition coefficient (Wildman–Crippen LogP) is 2.29. The van der Waals surface area contributed by atoms with Crippen LogP contribution >= 0.6 is 0 Å². The number of anilines is 2. The molecule has 2 rings (SSSR count). The van der Waals surface area contributed by atoms with Gasteiger partial charge in [0.15, 0.2) is 0 Å². The maximum Gasteiger partial charge on any atom is 0.221 e. The minimum Gasteiger partial charge on any atom is -0.381 e. The van der Waals surface area contributed by atoms with Gasteiger partial charge in [-0.25, -0.2) is 4.39 Å². The van der Waals surface area contributed by atoms with Crippen molar-refractivity contribution in [3.8, 4) is 0 Å². The van der Waals surface area contributed by atoms with Crippen molar-refractivity contribution in [2.75, 3.05) is 24.2 Å². The molecule has 5 heteroatoms. The fourth-order valence-electron chi connectivity index (χ4n) is 2.43. The number of benzene rings is 1. The summed E-state index contributed by atoms with van der Waals surface area (Å²) in [4.78, 5) is 13.3. The maximum absolute atomic E-state index is 13.5. The van der Waals surface area contributed by atoms with E-state index in [1.165, 1.54) is 13.0 Å². The normalized spacial score (nSPS) is 23.4. The second kappa shape index (κ2) is 5.57. The van der Waals surface area contributed by atoms with E-state index in [0.29, 0.717) is 12.1 Å². The molecule has 19 heavy (non-hydrogen) atoms. The van der Waals surface area contributed by atoms with Crippen molar-refractivity contribution < 1.29 is 9.18 Å². The number of rotatable bonds is 3. The Morgan fingerprint density at radius 3 is 2.79 bits per heavy atom. The standard InChI is InChI=1S/C14H20FN3O/c1-9-6-12(8-18(9)3)17-11-4-5-13(15)14(7-11)16-10(2)19/h4-5,7,9,12,17H,6,8H2,1-3H3,(H,16,19). The van der Waals surface area contributed by atoms with Gasteiger partial charge in [0, 0.05) is 31.2 Å². The Bertz CT molecular complexity index is 468. The first kappa shape index (κ1) is 13.8. The lowest BCUT2D eigenvalue weighted by Gasteiger charge is -2.15. The Hall–Kier alpha value is -1.62. The first-order valence-electron chi connectivity index (χ1n) is 6.49. The van der Waals surface area contributed by atoms with Gasteiger partial charge in [-0.15, -0.1) is 0 Å². The van der Waals surface area contributed by atoms with Crippen molar-refractivity contribution in [1.82, 2.24) is 4.90 Å². The number of nitrogens with zero attached hydrogens (tertiary/aromatic N) is 1. The van der Waals surface area contributed by atoms with E-state index in [0.717, 1.165) is 18.7 Å². The molecule has 0 saturated carbocycles. The highest BCUT2D eigenvalue weighted by atomic mass is 19.1. The monoisotopic (exact) mass is 265 g/mol. The van der Waals surface area contributed by atoms with Crippen LogP contribution in [0.5, 0.6) is 0 Å². The molecule has 104 valence electrons. The molecular weight excluding hydrogens is 245 g/mol. The second-order valence-corrected chi connectivity index (χ2v) is 5.24. The zero-order valence-electron chi connectivity index (χ0n) is 11.5. The van der Waals surface area contributed by atoms with Gasteiger partial charge in [-0.1, -0.05) is 0 Å². The summed E-state index contributed by atoms with van der Waals surface area (Å²) in [6.07, 6.45) is 1.06. The molecule has 1 amide bonds. The fraction of sp³-hybridized carbons (Fsp3) is 0.500. The van der Waals surface area contributed by atoms with Crippen LogP contribution in [0.15, 0.2) is 18.2 Å². The number of hydrogen-bond acceptors (Lipinski definition) is 3. The third-order valence-corrected chi connectivity index (χ3v) is 3.53. The topological polar surface area (TPSA) is 44.4 Å². The summed E-state index contributed by atoms with van der Waals surface area (Å²) < 4.78 is 13.5. The highest BCUT2D eigenvalue weighted by Crippen LogP contribution is 2.23. The van der Waals surface area contributed by atoms with Gasteiger partial charge in [0.25, 0.3) is 0 Å². The summed E-state index contributed by atoms with van der Waals surface area (Å²) in [5.74, 6) is -0.692. The van der Waals surface area contributed by atoms with E-state index in [4.69, 9.17) is 0 Å². The SMILES string of the molecule is CC(=O)Nc1cc(NC2CC(C)N(C)C2)ccc1F. The quantitative estimate of drug-likeness (QED) is 0.881. The van der Waals surface area contributed by atoms with E-state index in [1.807, 2.05) is 0 Å². The lowest BCUT2D eigenvalue weighted by molar-refractivity contribution is -0.114. The molecule has 1 aliphatic rings. The molecule has 0 spiro atoms. The van der Waals surface area contributed by atoms with Gasteiger partial charge in [0.2, 0.25) is 5.91 Å². The van der Waals surface area contributed by atoms with E-state index in [-0.39, 0.29) is 11.6 Å². The van der Waals surface area contributed by atoms with Crippen molar-refractivity contribution in [1.29, 1.82) is 0 Å². The van der Waals surface area contributed by atoms with Gasteiger partial charge in [0.1, 0.15) is 5.82 Å². The number of amides is 1. The summed E-state index contributed by atoms with van der Waals surface area (Å²) in [6.45, 7) is 4.52. The van der Waals surface area contributed by atoms with Crippen LogP contribution in [-0.4, -0.2) is 36.5 Å². The van der Waals surface area contributed by atoms with Crippen molar-refractivity contribution >= 4 is 17.3 Å². The maximum atomic E-state index is 13.5. The molecule has 0 aliphatic carbocycles. The lowest BCUT2D eigenvalue weighted by Crippen LogP contribution is -2.24. The Morgan fingerprint density at radius 2 is 2.21 bits per heavy atom. The van der Waals surface area contributed by atoms with Crippen molar-refractivity contribution in [2.24, 2.45) is 0 Å². The second-order valence-electron chi connectivity index (χ2n) is 5.24.